The predicted octanol–water partition coefficient (Wildman–Crippen LogP) is 1.25. The number of esters is 2. The van der Waals surface area contributed by atoms with Gasteiger partial charge >= 0.3 is 11.9 Å². The molecule has 12 nitrogen and oxygen atoms in total. The van der Waals surface area contributed by atoms with Crippen LogP contribution in [0.3, 0.4) is 0 Å². The van der Waals surface area contributed by atoms with E-state index >= 15 is 0 Å². The molecule has 3 rings (SSSR count). The van der Waals surface area contributed by atoms with Crippen LogP contribution < -0.4 is 18.9 Å². The third-order valence-electron chi connectivity index (χ3n) is 4.52. The highest BCUT2D eigenvalue weighted by Crippen LogP contribution is 2.19. The van der Waals surface area contributed by atoms with Crippen molar-refractivity contribution in [3.63, 3.8) is 0 Å². The van der Waals surface area contributed by atoms with Gasteiger partial charge in [-0.15, -0.1) is 0 Å². The van der Waals surface area contributed by atoms with E-state index in [2.05, 4.69) is 19.4 Å². The number of aromatic nitrogens is 2. The minimum atomic E-state index is -3.98. The van der Waals surface area contributed by atoms with Gasteiger partial charge < -0.3 is 9.47 Å². The lowest BCUT2D eigenvalue weighted by molar-refractivity contribution is -0.136. The number of nitrogens with zero attached hydrogens (tertiary/aromatic N) is 2. The maximum atomic E-state index is 12.3. The van der Waals surface area contributed by atoms with Crippen LogP contribution >= 0.6 is 27.0 Å². The van der Waals surface area contributed by atoms with Crippen molar-refractivity contribution in [3.8, 4) is 11.5 Å². The molecule has 0 bridgehead atoms. The molecule has 0 aliphatic rings. The molecule has 16 heteroatoms. The van der Waals surface area contributed by atoms with Crippen molar-refractivity contribution in [2.24, 2.45) is 0 Å². The summed E-state index contributed by atoms with van der Waals surface area (Å²) in [4.78, 5) is 31.9. The van der Waals surface area contributed by atoms with Crippen LogP contribution in [-0.4, -0.2) is 50.8 Å². The van der Waals surface area contributed by atoms with Crippen LogP contribution in [0.25, 0.3) is 0 Å². The van der Waals surface area contributed by atoms with E-state index in [0.29, 0.717) is 0 Å². The number of benzene rings is 1. The molecule has 0 aliphatic heterocycles. The van der Waals surface area contributed by atoms with Crippen molar-refractivity contribution in [1.82, 2.24) is 19.4 Å². The Kier molecular flexibility index (Phi) is 12.4. The quantitative estimate of drug-likeness (QED) is 0.254. The molecule has 3 aromatic rings. The predicted molar refractivity (Wildman–Crippen MR) is 147 cm³/mol. The van der Waals surface area contributed by atoms with Gasteiger partial charge in [0, 0.05) is 24.8 Å². The fourth-order valence-electron chi connectivity index (χ4n) is 2.69. The van der Waals surface area contributed by atoms with Gasteiger partial charge in [-0.2, -0.15) is 36.4 Å². The standard InChI is InChI=1S/C22H22N4O8S2.2H2S/c1-15(25-35(29,30)19-5-3-11-23-13-19)21(27)33-17-7-9-18(10-8-17)34-22(28)16(2)26-36(31,32)20-6-4-12-24-14-20;;/h3-16,25-26H,1-2H3;2*1H2/t15-,16-;;/m0../s1. The molecular weight excluding hydrogens is 577 g/mol. The summed E-state index contributed by atoms with van der Waals surface area (Å²) in [6.45, 7) is 2.64. The Morgan fingerprint density at radius 1 is 0.684 bits per heavy atom. The van der Waals surface area contributed by atoms with Crippen LogP contribution in [-0.2, 0) is 29.6 Å². The molecule has 0 amide bonds. The van der Waals surface area contributed by atoms with Gasteiger partial charge in [-0.1, -0.05) is 0 Å². The van der Waals surface area contributed by atoms with Crippen LogP contribution in [0, 0.1) is 0 Å². The Balaban J connectivity index is 0.00000361. The van der Waals surface area contributed by atoms with Gasteiger partial charge in [-0.05, 0) is 62.4 Å². The molecule has 2 heterocycles. The Morgan fingerprint density at radius 3 is 1.32 bits per heavy atom. The molecule has 0 radical (unpaired) electrons. The van der Waals surface area contributed by atoms with Crippen LogP contribution in [0.2, 0.25) is 0 Å². The lowest BCUT2D eigenvalue weighted by Gasteiger charge is -2.14. The lowest BCUT2D eigenvalue weighted by Crippen LogP contribution is -2.40. The van der Waals surface area contributed by atoms with E-state index in [-0.39, 0.29) is 48.3 Å². The number of carbonyl (C=O) groups excluding carboxylic acids is 2. The zero-order chi connectivity index (χ0) is 26.3. The molecule has 0 aliphatic carbocycles. The summed E-state index contributed by atoms with van der Waals surface area (Å²) < 4.78 is 64.0. The zero-order valence-corrected chi connectivity index (χ0v) is 23.7. The second kappa shape index (κ2) is 14.2. The highest BCUT2D eigenvalue weighted by atomic mass is 32.2. The first kappa shape index (κ1) is 33.0. The number of nitrogens with one attached hydrogen (secondary N) is 2. The van der Waals surface area contributed by atoms with Crippen molar-refractivity contribution in [1.29, 1.82) is 0 Å². The van der Waals surface area contributed by atoms with Gasteiger partial charge in [0.15, 0.2) is 0 Å². The van der Waals surface area contributed by atoms with E-state index in [1.807, 2.05) is 0 Å². The first-order chi connectivity index (χ1) is 17.0. The van der Waals surface area contributed by atoms with E-state index < -0.39 is 44.1 Å². The van der Waals surface area contributed by atoms with Crippen LogP contribution in [0.1, 0.15) is 13.8 Å². The van der Waals surface area contributed by atoms with E-state index in [1.165, 1.54) is 74.8 Å². The molecule has 38 heavy (non-hydrogen) atoms. The molecule has 0 saturated heterocycles. The highest BCUT2D eigenvalue weighted by molar-refractivity contribution is 7.89. The maximum absolute atomic E-state index is 12.3. The van der Waals surface area contributed by atoms with Gasteiger partial charge in [-0.25, -0.2) is 26.4 Å². The summed E-state index contributed by atoms with van der Waals surface area (Å²) in [5.41, 5.74) is 0. The van der Waals surface area contributed by atoms with Crippen molar-refractivity contribution < 1.29 is 35.9 Å². The topological polar surface area (TPSA) is 171 Å². The normalized spacial score (nSPS) is 12.7. The summed E-state index contributed by atoms with van der Waals surface area (Å²) in [5.74, 6) is -1.61. The van der Waals surface area contributed by atoms with E-state index in [1.54, 1.807) is 0 Å². The first-order valence-electron chi connectivity index (χ1n) is 10.4. The molecule has 0 fully saturated rings. The number of hydrogen-bond donors (Lipinski definition) is 2. The zero-order valence-electron chi connectivity index (χ0n) is 20.1. The number of rotatable bonds is 10. The van der Waals surface area contributed by atoms with E-state index in [0.717, 1.165) is 12.4 Å². The van der Waals surface area contributed by atoms with Crippen LogP contribution in [0.5, 0.6) is 11.5 Å². The average molecular weight is 603 g/mol. The minimum absolute atomic E-state index is 0. The Bertz CT molecular complexity index is 1310. The molecular formula is C22H26N4O8S4. The summed E-state index contributed by atoms with van der Waals surface area (Å²) in [6.07, 6.45) is 5.12. The van der Waals surface area contributed by atoms with E-state index in [4.69, 9.17) is 9.47 Å². The Hall–Kier alpha value is -3.02. The number of pyridine rings is 2. The van der Waals surface area contributed by atoms with Gasteiger partial charge in [0.25, 0.3) is 0 Å². The van der Waals surface area contributed by atoms with Crippen molar-refractivity contribution in [2.45, 2.75) is 35.7 Å². The second-order valence-electron chi connectivity index (χ2n) is 7.38. The fraction of sp³-hybridized carbons (Fsp3) is 0.182. The average Bonchev–Trinajstić information content (AvgIpc) is 2.85. The molecule has 0 spiro atoms. The van der Waals surface area contributed by atoms with Gasteiger partial charge in [-0.3, -0.25) is 9.97 Å². The summed E-state index contributed by atoms with van der Waals surface area (Å²) in [7, 11) is -7.96. The number of hydrogen-bond acceptors (Lipinski definition) is 10. The van der Waals surface area contributed by atoms with Crippen LogP contribution in [0.4, 0.5) is 0 Å². The maximum Gasteiger partial charge on any atom is 0.329 e. The van der Waals surface area contributed by atoms with Gasteiger partial charge in [0.1, 0.15) is 33.4 Å². The molecule has 0 saturated carbocycles. The third-order valence-corrected chi connectivity index (χ3v) is 7.57. The van der Waals surface area contributed by atoms with Crippen LogP contribution in [0.15, 0.2) is 83.1 Å². The number of carbonyl (C=O) groups is 2. The van der Waals surface area contributed by atoms with Crippen molar-refractivity contribution >= 4 is 59.0 Å². The third kappa shape index (κ3) is 9.07. The molecule has 1 aromatic carbocycles. The Morgan fingerprint density at radius 2 is 1.03 bits per heavy atom. The molecule has 2 N–H and O–H groups in total. The first-order valence-corrected chi connectivity index (χ1v) is 13.3. The largest absolute Gasteiger partial charge is 0.425 e. The number of ether oxygens (including phenoxy) is 2. The fourth-order valence-corrected chi connectivity index (χ4v) is 5.00. The lowest BCUT2D eigenvalue weighted by atomic mass is 10.3. The van der Waals surface area contributed by atoms with Gasteiger partial charge in [0.2, 0.25) is 20.0 Å². The van der Waals surface area contributed by atoms with Crippen molar-refractivity contribution in [2.75, 3.05) is 0 Å². The number of sulfonamides is 2. The molecule has 2 aromatic heterocycles. The minimum Gasteiger partial charge on any atom is -0.425 e. The Labute approximate surface area is 234 Å². The SMILES string of the molecule is C[C@H](NS(=O)(=O)c1cccnc1)C(=O)Oc1ccc(OC(=O)[C@H](C)NS(=O)(=O)c2cccnc2)cc1.S.S. The van der Waals surface area contributed by atoms with Crippen molar-refractivity contribution in [3.05, 3.63) is 73.3 Å². The smallest absolute Gasteiger partial charge is 0.329 e. The van der Waals surface area contributed by atoms with Gasteiger partial charge in [0.05, 0.1) is 0 Å². The summed E-state index contributed by atoms with van der Waals surface area (Å²) in [6, 6.07) is 8.45. The monoisotopic (exact) mass is 602 g/mol. The highest BCUT2D eigenvalue weighted by Gasteiger charge is 2.25. The molecule has 206 valence electrons. The molecule has 0 unspecified atom stereocenters. The second-order valence-corrected chi connectivity index (χ2v) is 10.8. The molecule has 2 atom stereocenters. The summed E-state index contributed by atoms with van der Waals surface area (Å²) in [5, 5.41) is 0. The van der Waals surface area contributed by atoms with E-state index in [9.17, 15) is 26.4 Å². The summed E-state index contributed by atoms with van der Waals surface area (Å²) >= 11 is 0.